The number of fused-ring (bicyclic) bond motifs is 1. The topological polar surface area (TPSA) is 103 Å². The summed E-state index contributed by atoms with van der Waals surface area (Å²) in [5.74, 6) is -0.512. The molecule has 0 atom stereocenters. The van der Waals surface area contributed by atoms with E-state index < -0.39 is 17.7 Å². The normalized spacial score (nSPS) is 12.5. The van der Waals surface area contributed by atoms with Gasteiger partial charge in [-0.05, 0) is 67.3 Å². The van der Waals surface area contributed by atoms with Gasteiger partial charge in [0.15, 0.2) is 0 Å². The lowest BCUT2D eigenvalue weighted by atomic mass is 9.91. The number of methoxy groups -OCH3 is 1. The molecule has 1 heterocycles. The highest BCUT2D eigenvalue weighted by Crippen LogP contribution is 2.36. The quantitative estimate of drug-likeness (QED) is 0.698. The summed E-state index contributed by atoms with van der Waals surface area (Å²) in [5.41, 5.74) is 3.23. The lowest BCUT2D eigenvalue weighted by Gasteiger charge is -2.24. The van der Waals surface area contributed by atoms with Crippen molar-refractivity contribution in [2.45, 2.75) is 39.5 Å². The first-order valence-corrected chi connectivity index (χ1v) is 9.33. The predicted molar refractivity (Wildman–Crippen MR) is 108 cm³/mol. The number of carbonyl (C=O) groups is 2. The summed E-state index contributed by atoms with van der Waals surface area (Å²) in [6, 6.07) is 12.3. The molecule has 0 bridgehead atoms. The molecule has 0 saturated carbocycles. The molecular formula is C23H21N3O4. The van der Waals surface area contributed by atoms with Gasteiger partial charge in [0.2, 0.25) is 0 Å². The third-order valence-corrected chi connectivity index (χ3v) is 4.68. The van der Waals surface area contributed by atoms with Gasteiger partial charge in [-0.15, -0.1) is 0 Å². The van der Waals surface area contributed by atoms with Crippen molar-refractivity contribution < 1.29 is 19.1 Å². The van der Waals surface area contributed by atoms with Gasteiger partial charge in [-0.3, -0.25) is 4.90 Å². The lowest BCUT2D eigenvalue weighted by molar-refractivity contribution is 0.0242. The van der Waals surface area contributed by atoms with Crippen LogP contribution in [-0.2, 0) is 22.6 Å². The number of rotatable bonds is 2. The SMILES string of the molecule is COC(=O)c1cc2c(c(-c3ccc(C#N)cc3C#N)c1)CN(C(=O)OC(C)(C)C)C2. The highest BCUT2D eigenvalue weighted by Gasteiger charge is 2.31. The van der Waals surface area contributed by atoms with E-state index >= 15 is 0 Å². The summed E-state index contributed by atoms with van der Waals surface area (Å²) in [7, 11) is 1.30. The number of esters is 1. The van der Waals surface area contributed by atoms with Gasteiger partial charge in [0.1, 0.15) is 5.60 Å². The molecule has 0 aliphatic carbocycles. The fourth-order valence-corrected chi connectivity index (χ4v) is 3.39. The largest absolute Gasteiger partial charge is 0.465 e. The van der Waals surface area contributed by atoms with Crippen LogP contribution in [0.2, 0.25) is 0 Å². The standard InChI is InChI=1S/C23H21N3O4/c1-23(2,3)30-22(28)26-12-17-8-15(21(27)29-4)9-19(20(17)13-26)18-6-5-14(10-24)7-16(18)11-25/h5-9H,12-13H2,1-4H3. The number of ether oxygens (including phenoxy) is 2. The molecule has 0 aromatic heterocycles. The van der Waals surface area contributed by atoms with E-state index in [9.17, 15) is 14.9 Å². The summed E-state index contributed by atoms with van der Waals surface area (Å²) in [6.45, 7) is 5.95. The fraction of sp³-hybridized carbons (Fsp3) is 0.304. The van der Waals surface area contributed by atoms with Gasteiger partial charge in [-0.1, -0.05) is 6.07 Å². The zero-order chi connectivity index (χ0) is 22.1. The van der Waals surface area contributed by atoms with Crippen molar-refractivity contribution >= 4 is 12.1 Å². The second-order valence-corrected chi connectivity index (χ2v) is 7.97. The van der Waals surface area contributed by atoms with E-state index in [1.807, 2.05) is 6.07 Å². The van der Waals surface area contributed by atoms with E-state index in [-0.39, 0.29) is 13.1 Å². The van der Waals surface area contributed by atoms with Crippen LogP contribution in [0.5, 0.6) is 0 Å². The van der Waals surface area contributed by atoms with Crippen LogP contribution in [0.1, 0.15) is 53.4 Å². The number of benzene rings is 2. The molecule has 0 unspecified atom stereocenters. The van der Waals surface area contributed by atoms with Crippen molar-refractivity contribution in [1.82, 2.24) is 4.90 Å². The maximum absolute atomic E-state index is 12.6. The van der Waals surface area contributed by atoms with Crippen LogP contribution < -0.4 is 0 Å². The Morgan fingerprint density at radius 3 is 2.37 bits per heavy atom. The van der Waals surface area contributed by atoms with Crippen molar-refractivity contribution in [2.24, 2.45) is 0 Å². The second-order valence-electron chi connectivity index (χ2n) is 7.97. The van der Waals surface area contributed by atoms with Gasteiger partial charge in [0.05, 0.1) is 42.5 Å². The Bertz CT molecular complexity index is 1120. The molecule has 3 rings (SSSR count). The van der Waals surface area contributed by atoms with Gasteiger partial charge < -0.3 is 9.47 Å². The van der Waals surface area contributed by atoms with Gasteiger partial charge in [-0.2, -0.15) is 10.5 Å². The molecule has 30 heavy (non-hydrogen) atoms. The van der Waals surface area contributed by atoms with Crippen LogP contribution in [-0.4, -0.2) is 29.7 Å². The van der Waals surface area contributed by atoms with Crippen molar-refractivity contribution in [1.29, 1.82) is 10.5 Å². The predicted octanol–water partition coefficient (Wildman–Crippen LogP) is 4.13. The molecule has 1 amide bonds. The Balaban J connectivity index is 2.12. The molecule has 1 aliphatic rings. The van der Waals surface area contributed by atoms with Crippen LogP contribution in [0.4, 0.5) is 4.79 Å². The number of nitrogens with zero attached hydrogens (tertiary/aromatic N) is 3. The van der Waals surface area contributed by atoms with E-state index in [1.165, 1.54) is 13.2 Å². The summed E-state index contributed by atoms with van der Waals surface area (Å²) in [6.07, 6.45) is -0.454. The first-order valence-electron chi connectivity index (χ1n) is 9.33. The minimum atomic E-state index is -0.632. The summed E-state index contributed by atoms with van der Waals surface area (Å²) >= 11 is 0. The van der Waals surface area contributed by atoms with Crippen molar-refractivity contribution in [2.75, 3.05) is 7.11 Å². The molecule has 7 nitrogen and oxygen atoms in total. The average Bonchev–Trinajstić information content (AvgIpc) is 3.15. The van der Waals surface area contributed by atoms with Gasteiger partial charge in [0.25, 0.3) is 0 Å². The second kappa shape index (κ2) is 7.88. The van der Waals surface area contributed by atoms with Gasteiger partial charge in [0, 0.05) is 6.54 Å². The molecule has 0 radical (unpaired) electrons. The monoisotopic (exact) mass is 403 g/mol. The summed E-state index contributed by atoms with van der Waals surface area (Å²) < 4.78 is 10.3. The van der Waals surface area contributed by atoms with Crippen LogP contribution in [0, 0.1) is 22.7 Å². The number of carbonyl (C=O) groups excluding carboxylic acids is 2. The number of hydrogen-bond donors (Lipinski definition) is 0. The van der Waals surface area contributed by atoms with E-state index in [1.54, 1.807) is 49.9 Å². The van der Waals surface area contributed by atoms with Gasteiger partial charge in [-0.25, -0.2) is 9.59 Å². The molecule has 2 aromatic rings. The maximum Gasteiger partial charge on any atom is 0.410 e. The molecule has 7 heteroatoms. The fourth-order valence-electron chi connectivity index (χ4n) is 3.39. The lowest BCUT2D eigenvalue weighted by Crippen LogP contribution is -2.33. The number of amides is 1. The first kappa shape index (κ1) is 20.9. The zero-order valence-electron chi connectivity index (χ0n) is 17.3. The van der Waals surface area contributed by atoms with E-state index in [0.717, 1.165) is 11.1 Å². The zero-order valence-corrected chi connectivity index (χ0v) is 17.3. The molecule has 2 aromatic carbocycles. The Hall–Kier alpha value is -3.84. The summed E-state index contributed by atoms with van der Waals surface area (Å²) in [5, 5.41) is 18.7. The van der Waals surface area contributed by atoms with E-state index in [2.05, 4.69) is 6.07 Å². The van der Waals surface area contributed by atoms with Crippen LogP contribution in [0.15, 0.2) is 30.3 Å². The van der Waals surface area contributed by atoms with E-state index in [0.29, 0.717) is 27.8 Å². The Kier molecular flexibility index (Phi) is 5.49. The van der Waals surface area contributed by atoms with Crippen molar-refractivity contribution in [3.63, 3.8) is 0 Å². The minimum Gasteiger partial charge on any atom is -0.465 e. The van der Waals surface area contributed by atoms with Crippen LogP contribution in [0.3, 0.4) is 0 Å². The number of nitriles is 2. The van der Waals surface area contributed by atoms with E-state index in [4.69, 9.17) is 14.7 Å². The van der Waals surface area contributed by atoms with Crippen molar-refractivity contribution in [3.05, 3.63) is 58.1 Å². The molecular weight excluding hydrogens is 382 g/mol. The highest BCUT2D eigenvalue weighted by molar-refractivity contribution is 5.93. The Morgan fingerprint density at radius 1 is 1.03 bits per heavy atom. The Labute approximate surface area is 175 Å². The molecule has 0 saturated heterocycles. The minimum absolute atomic E-state index is 0.278. The molecule has 0 N–H and O–H groups in total. The molecule has 1 aliphatic heterocycles. The van der Waals surface area contributed by atoms with Gasteiger partial charge >= 0.3 is 12.1 Å². The number of hydrogen-bond acceptors (Lipinski definition) is 6. The smallest absolute Gasteiger partial charge is 0.410 e. The molecule has 152 valence electrons. The molecule has 0 fully saturated rings. The van der Waals surface area contributed by atoms with Crippen LogP contribution in [0.25, 0.3) is 11.1 Å². The first-order chi connectivity index (χ1) is 14.2. The maximum atomic E-state index is 12.6. The molecule has 0 spiro atoms. The summed E-state index contributed by atoms with van der Waals surface area (Å²) in [4.78, 5) is 26.4. The van der Waals surface area contributed by atoms with Crippen LogP contribution >= 0.6 is 0 Å². The third kappa shape index (κ3) is 4.11. The Morgan fingerprint density at radius 2 is 1.77 bits per heavy atom. The highest BCUT2D eigenvalue weighted by atomic mass is 16.6. The average molecular weight is 403 g/mol. The van der Waals surface area contributed by atoms with Crippen molar-refractivity contribution in [3.8, 4) is 23.3 Å². The third-order valence-electron chi connectivity index (χ3n) is 4.68.